The van der Waals surface area contributed by atoms with Crippen molar-refractivity contribution in [2.45, 2.75) is 20.3 Å². The van der Waals surface area contributed by atoms with Gasteiger partial charge < -0.3 is 15.2 Å². The van der Waals surface area contributed by atoms with Gasteiger partial charge in [-0.1, -0.05) is 18.2 Å². The number of carbonyl (C=O) groups is 2. The van der Waals surface area contributed by atoms with E-state index < -0.39 is 5.97 Å². The van der Waals surface area contributed by atoms with Crippen LogP contribution in [0.1, 0.15) is 27.9 Å². The second kappa shape index (κ2) is 7.45. The van der Waals surface area contributed by atoms with E-state index in [0.29, 0.717) is 11.3 Å². The van der Waals surface area contributed by atoms with E-state index in [0.717, 1.165) is 11.3 Å². The predicted octanol–water partition coefficient (Wildman–Crippen LogP) is 3.41. The van der Waals surface area contributed by atoms with Crippen molar-refractivity contribution in [3.8, 4) is 5.75 Å². The lowest BCUT2D eigenvalue weighted by Crippen LogP contribution is -2.16. The van der Waals surface area contributed by atoms with E-state index in [-0.39, 0.29) is 24.5 Å². The van der Waals surface area contributed by atoms with Crippen LogP contribution in [-0.4, -0.2) is 23.6 Å². The van der Waals surface area contributed by atoms with Gasteiger partial charge in [0, 0.05) is 5.69 Å². The number of aromatic carboxylic acids is 1. The molecule has 0 radical (unpaired) electrons. The van der Waals surface area contributed by atoms with Crippen molar-refractivity contribution in [3.63, 3.8) is 0 Å². The Kier molecular flexibility index (Phi) is 5.36. The molecule has 0 spiro atoms. The average molecular weight is 313 g/mol. The summed E-state index contributed by atoms with van der Waals surface area (Å²) in [6.07, 6.45) is 0.185. The molecule has 2 N–H and O–H groups in total. The van der Waals surface area contributed by atoms with Crippen molar-refractivity contribution in [1.29, 1.82) is 0 Å². The molecule has 120 valence electrons. The number of hydrogen-bond acceptors (Lipinski definition) is 3. The summed E-state index contributed by atoms with van der Waals surface area (Å²) in [6, 6.07) is 12.4. The van der Waals surface area contributed by atoms with E-state index in [1.165, 1.54) is 6.07 Å². The van der Waals surface area contributed by atoms with Gasteiger partial charge in [0.1, 0.15) is 5.75 Å². The van der Waals surface area contributed by atoms with Gasteiger partial charge in [-0.2, -0.15) is 0 Å². The molecule has 0 heterocycles. The number of hydrogen-bond donors (Lipinski definition) is 2. The van der Waals surface area contributed by atoms with Gasteiger partial charge in [0.15, 0.2) is 0 Å². The van der Waals surface area contributed by atoms with Crippen molar-refractivity contribution in [2.24, 2.45) is 0 Å². The average Bonchev–Trinajstić information content (AvgIpc) is 2.49. The zero-order chi connectivity index (χ0) is 16.8. The Labute approximate surface area is 134 Å². The number of anilines is 1. The Morgan fingerprint density at radius 2 is 1.87 bits per heavy atom. The van der Waals surface area contributed by atoms with Crippen LogP contribution in [0.3, 0.4) is 0 Å². The Balaban J connectivity index is 1.90. The molecule has 1 amide bonds. The smallest absolute Gasteiger partial charge is 0.336 e. The second-order valence-corrected chi connectivity index (χ2v) is 5.25. The molecule has 23 heavy (non-hydrogen) atoms. The molecule has 2 rings (SSSR count). The summed E-state index contributed by atoms with van der Waals surface area (Å²) in [6.45, 7) is 3.90. The van der Waals surface area contributed by atoms with Crippen LogP contribution in [0.25, 0.3) is 0 Å². The van der Waals surface area contributed by atoms with E-state index in [9.17, 15) is 9.59 Å². The van der Waals surface area contributed by atoms with Crippen LogP contribution in [0.5, 0.6) is 5.75 Å². The molecule has 5 nitrogen and oxygen atoms in total. The topological polar surface area (TPSA) is 75.6 Å². The van der Waals surface area contributed by atoms with Gasteiger partial charge >= 0.3 is 5.97 Å². The monoisotopic (exact) mass is 313 g/mol. The van der Waals surface area contributed by atoms with Gasteiger partial charge in [-0.3, -0.25) is 4.79 Å². The molecule has 2 aromatic rings. The number of ether oxygens (including phenoxy) is 1. The summed E-state index contributed by atoms with van der Waals surface area (Å²) in [5, 5.41) is 11.8. The van der Waals surface area contributed by atoms with Crippen LogP contribution in [0.15, 0.2) is 42.5 Å². The first kappa shape index (κ1) is 16.5. The molecule has 0 fully saturated rings. The Morgan fingerprint density at radius 1 is 1.13 bits per heavy atom. The predicted molar refractivity (Wildman–Crippen MR) is 88.1 cm³/mol. The lowest BCUT2D eigenvalue weighted by atomic mass is 10.1. The fourth-order valence-corrected chi connectivity index (χ4v) is 2.18. The third-order valence-corrected chi connectivity index (χ3v) is 3.43. The molecule has 0 atom stereocenters. The maximum Gasteiger partial charge on any atom is 0.336 e. The largest absolute Gasteiger partial charge is 0.493 e. The van der Waals surface area contributed by atoms with Crippen molar-refractivity contribution in [2.75, 3.05) is 11.9 Å². The van der Waals surface area contributed by atoms with Crippen molar-refractivity contribution >= 4 is 17.6 Å². The lowest BCUT2D eigenvalue weighted by molar-refractivity contribution is -0.116. The third-order valence-electron chi connectivity index (χ3n) is 3.43. The molecule has 0 aliphatic heterocycles. The lowest BCUT2D eigenvalue weighted by Gasteiger charge is -2.11. The number of benzene rings is 2. The summed E-state index contributed by atoms with van der Waals surface area (Å²) in [7, 11) is 0. The summed E-state index contributed by atoms with van der Waals surface area (Å²) in [4.78, 5) is 23.0. The summed E-state index contributed by atoms with van der Waals surface area (Å²) in [5.74, 6) is -0.508. The number of carboxylic acid groups (broad SMARTS) is 1. The molecular formula is C18H19NO4. The highest BCUT2D eigenvalue weighted by Gasteiger charge is 2.12. The van der Waals surface area contributed by atoms with E-state index >= 15 is 0 Å². The van der Waals surface area contributed by atoms with Crippen LogP contribution in [0.2, 0.25) is 0 Å². The molecule has 0 saturated heterocycles. The fourth-order valence-electron chi connectivity index (χ4n) is 2.18. The van der Waals surface area contributed by atoms with Gasteiger partial charge in [-0.15, -0.1) is 0 Å². The number of rotatable bonds is 6. The maximum atomic E-state index is 12.0. The van der Waals surface area contributed by atoms with E-state index in [2.05, 4.69) is 5.32 Å². The maximum absolute atomic E-state index is 12.0. The standard InChI is InChI=1S/C18H19NO4/c1-12-5-3-6-14(11-12)23-10-9-17(20)19-16-8-4-7-15(13(16)2)18(21)22/h3-8,11H,9-10H2,1-2H3,(H,19,20)(H,21,22). The molecule has 5 heteroatoms. The Hall–Kier alpha value is -2.82. The summed E-state index contributed by atoms with van der Waals surface area (Å²) >= 11 is 0. The summed E-state index contributed by atoms with van der Waals surface area (Å²) < 4.78 is 5.53. The number of amides is 1. The SMILES string of the molecule is Cc1cccc(OCCC(=O)Nc2cccc(C(=O)O)c2C)c1. The van der Waals surface area contributed by atoms with E-state index in [4.69, 9.17) is 9.84 Å². The highest BCUT2D eigenvalue weighted by Crippen LogP contribution is 2.19. The minimum atomic E-state index is -1.01. The van der Waals surface area contributed by atoms with Gasteiger partial charge in [-0.25, -0.2) is 4.79 Å². The van der Waals surface area contributed by atoms with Gasteiger partial charge in [0.05, 0.1) is 18.6 Å². The number of aryl methyl sites for hydroxylation is 1. The van der Waals surface area contributed by atoms with Crippen LogP contribution >= 0.6 is 0 Å². The van der Waals surface area contributed by atoms with E-state index in [1.54, 1.807) is 19.1 Å². The molecule has 0 aliphatic rings. The zero-order valence-electron chi connectivity index (χ0n) is 13.1. The van der Waals surface area contributed by atoms with Crippen LogP contribution in [-0.2, 0) is 4.79 Å². The molecule has 0 unspecified atom stereocenters. The number of carboxylic acids is 1. The highest BCUT2D eigenvalue weighted by atomic mass is 16.5. The van der Waals surface area contributed by atoms with Crippen molar-refractivity contribution < 1.29 is 19.4 Å². The molecule has 0 saturated carbocycles. The quantitative estimate of drug-likeness (QED) is 0.857. The van der Waals surface area contributed by atoms with Crippen molar-refractivity contribution in [1.82, 2.24) is 0 Å². The molecular weight excluding hydrogens is 294 g/mol. The molecule has 0 aliphatic carbocycles. The van der Waals surface area contributed by atoms with Crippen molar-refractivity contribution in [3.05, 3.63) is 59.2 Å². The zero-order valence-corrected chi connectivity index (χ0v) is 13.1. The number of carbonyl (C=O) groups excluding carboxylic acids is 1. The molecule has 0 aromatic heterocycles. The number of nitrogens with one attached hydrogen (secondary N) is 1. The first-order chi connectivity index (χ1) is 11.0. The first-order valence-electron chi connectivity index (χ1n) is 7.29. The minimum Gasteiger partial charge on any atom is -0.493 e. The Bertz CT molecular complexity index is 725. The first-order valence-corrected chi connectivity index (χ1v) is 7.29. The van der Waals surface area contributed by atoms with Crippen LogP contribution in [0.4, 0.5) is 5.69 Å². The molecule has 2 aromatic carbocycles. The van der Waals surface area contributed by atoms with Crippen LogP contribution in [0, 0.1) is 13.8 Å². The normalized spacial score (nSPS) is 10.2. The van der Waals surface area contributed by atoms with Gasteiger partial charge in [0.2, 0.25) is 5.91 Å². The van der Waals surface area contributed by atoms with Gasteiger partial charge in [-0.05, 0) is 49.2 Å². The molecule has 0 bridgehead atoms. The third kappa shape index (κ3) is 4.57. The Morgan fingerprint density at radius 3 is 2.57 bits per heavy atom. The highest BCUT2D eigenvalue weighted by molar-refractivity contribution is 5.96. The summed E-state index contributed by atoms with van der Waals surface area (Å²) in [5.41, 5.74) is 2.31. The second-order valence-electron chi connectivity index (χ2n) is 5.25. The van der Waals surface area contributed by atoms with E-state index in [1.807, 2.05) is 31.2 Å². The van der Waals surface area contributed by atoms with Gasteiger partial charge in [0.25, 0.3) is 0 Å². The van der Waals surface area contributed by atoms with Crippen LogP contribution < -0.4 is 10.1 Å². The fraction of sp³-hybridized carbons (Fsp3) is 0.222. The minimum absolute atomic E-state index is 0.179.